The summed E-state index contributed by atoms with van der Waals surface area (Å²) in [5.41, 5.74) is 0.0526. The Bertz CT molecular complexity index is 374. The summed E-state index contributed by atoms with van der Waals surface area (Å²) in [4.78, 5) is 0. The van der Waals surface area contributed by atoms with Crippen molar-refractivity contribution in [2.75, 3.05) is 25.4 Å². The SMILES string of the molecule is CCCCCC(C)(C)CNS(=O)(=O)CCC1CCNCC1. The average Bonchev–Trinajstić information content (AvgIpc) is 2.45. The van der Waals surface area contributed by atoms with Crippen LogP contribution in [0.5, 0.6) is 0 Å². The van der Waals surface area contributed by atoms with Crippen LogP contribution in [0, 0.1) is 11.3 Å². The monoisotopic (exact) mass is 318 g/mol. The Kier molecular flexibility index (Phi) is 8.21. The van der Waals surface area contributed by atoms with Crippen molar-refractivity contribution in [1.29, 1.82) is 0 Å². The highest BCUT2D eigenvalue weighted by Crippen LogP contribution is 2.23. The van der Waals surface area contributed by atoms with E-state index in [1.165, 1.54) is 19.3 Å². The van der Waals surface area contributed by atoms with Crippen molar-refractivity contribution < 1.29 is 8.42 Å². The van der Waals surface area contributed by atoms with Crippen molar-refractivity contribution >= 4 is 10.0 Å². The first-order valence-electron chi connectivity index (χ1n) is 8.53. The highest BCUT2D eigenvalue weighted by Gasteiger charge is 2.22. The van der Waals surface area contributed by atoms with Crippen LogP contribution in [0.15, 0.2) is 0 Å². The Labute approximate surface area is 131 Å². The highest BCUT2D eigenvalue weighted by molar-refractivity contribution is 7.89. The van der Waals surface area contributed by atoms with E-state index in [1.807, 2.05) is 0 Å². The molecule has 1 aliphatic heterocycles. The first-order valence-corrected chi connectivity index (χ1v) is 10.2. The van der Waals surface area contributed by atoms with Crippen LogP contribution < -0.4 is 10.0 Å². The molecule has 0 aromatic heterocycles. The lowest BCUT2D eigenvalue weighted by atomic mass is 9.87. The zero-order valence-corrected chi connectivity index (χ0v) is 14.9. The minimum atomic E-state index is -3.12. The first-order chi connectivity index (χ1) is 9.85. The summed E-state index contributed by atoms with van der Waals surface area (Å²) in [6.07, 6.45) is 7.71. The van der Waals surface area contributed by atoms with E-state index >= 15 is 0 Å². The fourth-order valence-electron chi connectivity index (χ4n) is 2.81. The Morgan fingerprint density at radius 2 is 1.86 bits per heavy atom. The maximum atomic E-state index is 12.1. The molecule has 1 aliphatic rings. The van der Waals surface area contributed by atoms with Gasteiger partial charge in [-0.3, -0.25) is 0 Å². The topological polar surface area (TPSA) is 58.2 Å². The predicted octanol–water partition coefficient (Wildman–Crippen LogP) is 2.90. The van der Waals surface area contributed by atoms with Crippen LogP contribution in [0.25, 0.3) is 0 Å². The molecule has 0 aromatic rings. The Morgan fingerprint density at radius 1 is 1.19 bits per heavy atom. The summed E-state index contributed by atoms with van der Waals surface area (Å²) in [7, 11) is -3.12. The summed E-state index contributed by atoms with van der Waals surface area (Å²) < 4.78 is 27.1. The Morgan fingerprint density at radius 3 is 2.48 bits per heavy atom. The molecule has 126 valence electrons. The average molecular weight is 319 g/mol. The van der Waals surface area contributed by atoms with Crippen LogP contribution in [0.3, 0.4) is 0 Å². The molecule has 1 fully saturated rings. The zero-order chi connectivity index (χ0) is 15.8. The number of sulfonamides is 1. The number of unbranched alkanes of at least 4 members (excludes halogenated alkanes) is 2. The number of hydrogen-bond donors (Lipinski definition) is 2. The van der Waals surface area contributed by atoms with Crippen molar-refractivity contribution in [2.45, 2.75) is 65.7 Å². The Balaban J connectivity index is 2.27. The van der Waals surface area contributed by atoms with E-state index in [0.29, 0.717) is 12.5 Å². The molecular formula is C16H34N2O2S. The van der Waals surface area contributed by atoms with Crippen LogP contribution >= 0.6 is 0 Å². The second kappa shape index (κ2) is 9.11. The molecule has 0 atom stereocenters. The quantitative estimate of drug-likeness (QED) is 0.609. The first kappa shape index (κ1) is 18.9. The molecule has 0 amide bonds. The lowest BCUT2D eigenvalue weighted by Gasteiger charge is -2.26. The van der Waals surface area contributed by atoms with E-state index in [2.05, 4.69) is 30.8 Å². The van der Waals surface area contributed by atoms with Gasteiger partial charge in [-0.2, -0.15) is 0 Å². The van der Waals surface area contributed by atoms with Crippen LogP contribution in [-0.4, -0.2) is 33.8 Å². The summed E-state index contributed by atoms with van der Waals surface area (Å²) in [5.74, 6) is 0.850. The molecule has 0 bridgehead atoms. The minimum absolute atomic E-state index is 0.0526. The third kappa shape index (κ3) is 8.79. The fraction of sp³-hybridized carbons (Fsp3) is 1.00. The summed E-state index contributed by atoms with van der Waals surface area (Å²) in [6.45, 7) is 9.11. The minimum Gasteiger partial charge on any atom is -0.317 e. The number of hydrogen-bond acceptors (Lipinski definition) is 3. The molecule has 4 nitrogen and oxygen atoms in total. The maximum absolute atomic E-state index is 12.1. The van der Waals surface area contributed by atoms with Crippen LogP contribution in [-0.2, 0) is 10.0 Å². The molecule has 2 N–H and O–H groups in total. The molecule has 1 rings (SSSR count). The normalized spacial score (nSPS) is 18.0. The van der Waals surface area contributed by atoms with Gasteiger partial charge in [-0.1, -0.05) is 40.0 Å². The smallest absolute Gasteiger partial charge is 0.211 e. The fourth-order valence-corrected chi connectivity index (χ4v) is 4.21. The van der Waals surface area contributed by atoms with Crippen molar-refractivity contribution in [3.63, 3.8) is 0 Å². The molecular weight excluding hydrogens is 284 g/mol. The molecule has 5 heteroatoms. The van der Waals surface area contributed by atoms with E-state index in [9.17, 15) is 8.42 Å². The van der Waals surface area contributed by atoms with Gasteiger partial charge in [0.25, 0.3) is 0 Å². The van der Waals surface area contributed by atoms with Crippen molar-refractivity contribution in [2.24, 2.45) is 11.3 Å². The second-order valence-electron chi connectivity index (χ2n) is 7.24. The van der Waals surface area contributed by atoms with E-state index in [-0.39, 0.29) is 11.2 Å². The molecule has 1 saturated heterocycles. The molecule has 0 radical (unpaired) electrons. The van der Waals surface area contributed by atoms with Gasteiger partial charge < -0.3 is 5.32 Å². The van der Waals surface area contributed by atoms with Gasteiger partial charge in [0.2, 0.25) is 10.0 Å². The number of rotatable bonds is 10. The van der Waals surface area contributed by atoms with E-state index in [1.54, 1.807) is 0 Å². The molecule has 0 spiro atoms. The lowest BCUT2D eigenvalue weighted by molar-refractivity contribution is 0.320. The Hall–Kier alpha value is -0.130. The molecule has 0 aliphatic carbocycles. The van der Waals surface area contributed by atoms with Crippen LogP contribution in [0.1, 0.15) is 65.7 Å². The predicted molar refractivity (Wildman–Crippen MR) is 89.9 cm³/mol. The molecule has 21 heavy (non-hydrogen) atoms. The van der Waals surface area contributed by atoms with Gasteiger partial charge >= 0.3 is 0 Å². The van der Waals surface area contributed by atoms with Gasteiger partial charge in [-0.05, 0) is 50.1 Å². The van der Waals surface area contributed by atoms with Crippen molar-refractivity contribution in [1.82, 2.24) is 10.0 Å². The second-order valence-corrected chi connectivity index (χ2v) is 9.17. The van der Waals surface area contributed by atoms with E-state index in [0.717, 1.165) is 38.8 Å². The molecule has 1 heterocycles. The number of nitrogens with one attached hydrogen (secondary N) is 2. The van der Waals surface area contributed by atoms with Gasteiger partial charge in [0, 0.05) is 6.54 Å². The summed E-state index contributed by atoms with van der Waals surface area (Å²) in [6, 6.07) is 0. The van der Waals surface area contributed by atoms with Gasteiger partial charge in [0.1, 0.15) is 0 Å². The standard InChI is InChI=1S/C16H34N2O2S/c1-4-5-6-10-16(2,3)14-18-21(19,20)13-9-15-7-11-17-12-8-15/h15,17-18H,4-14H2,1-3H3. The molecule has 0 unspecified atom stereocenters. The number of piperidine rings is 1. The highest BCUT2D eigenvalue weighted by atomic mass is 32.2. The molecule has 0 saturated carbocycles. The van der Waals surface area contributed by atoms with E-state index < -0.39 is 10.0 Å². The van der Waals surface area contributed by atoms with Crippen molar-refractivity contribution in [3.8, 4) is 0 Å². The van der Waals surface area contributed by atoms with Crippen LogP contribution in [0.2, 0.25) is 0 Å². The van der Waals surface area contributed by atoms with Gasteiger partial charge in [-0.15, -0.1) is 0 Å². The van der Waals surface area contributed by atoms with Gasteiger partial charge in [0.15, 0.2) is 0 Å². The molecule has 0 aromatic carbocycles. The summed E-state index contributed by atoms with van der Waals surface area (Å²) >= 11 is 0. The maximum Gasteiger partial charge on any atom is 0.211 e. The zero-order valence-electron chi connectivity index (χ0n) is 14.1. The summed E-state index contributed by atoms with van der Waals surface area (Å²) in [5, 5.41) is 3.32. The lowest BCUT2D eigenvalue weighted by Crippen LogP contribution is -2.36. The third-order valence-corrected chi connectivity index (χ3v) is 5.84. The van der Waals surface area contributed by atoms with Crippen molar-refractivity contribution in [3.05, 3.63) is 0 Å². The largest absolute Gasteiger partial charge is 0.317 e. The van der Waals surface area contributed by atoms with Gasteiger partial charge in [-0.25, -0.2) is 13.1 Å². The third-order valence-electron chi connectivity index (χ3n) is 4.48. The van der Waals surface area contributed by atoms with Gasteiger partial charge in [0.05, 0.1) is 5.75 Å². The van der Waals surface area contributed by atoms with Crippen LogP contribution in [0.4, 0.5) is 0 Å². The van der Waals surface area contributed by atoms with E-state index in [4.69, 9.17) is 0 Å².